The lowest BCUT2D eigenvalue weighted by Crippen LogP contribution is -2.42. The molecule has 1 amide bonds. The number of nitrogens with one attached hydrogen (secondary N) is 1. The maximum absolute atomic E-state index is 12.5. The molecule has 2 rings (SSSR count). The number of rotatable bonds is 8. The van der Waals surface area contributed by atoms with Crippen molar-refractivity contribution in [3.63, 3.8) is 0 Å². The number of carbonyl (C=O) groups is 2. The molecule has 1 aromatic heterocycles. The highest BCUT2D eigenvalue weighted by atomic mass is 16.5. The van der Waals surface area contributed by atoms with E-state index in [4.69, 9.17) is 10.5 Å². The first-order valence-electron chi connectivity index (χ1n) is 9.01. The Morgan fingerprint density at radius 3 is 2.46 bits per heavy atom. The highest BCUT2D eigenvalue weighted by molar-refractivity contribution is 5.97. The van der Waals surface area contributed by atoms with Gasteiger partial charge < -0.3 is 15.4 Å². The van der Waals surface area contributed by atoms with Crippen LogP contribution < -0.4 is 21.9 Å². The molecule has 0 aliphatic carbocycles. The molecule has 0 bridgehead atoms. The molecular weight excluding hydrogens is 364 g/mol. The molecule has 28 heavy (non-hydrogen) atoms. The number of nitrogens with two attached hydrogens (primary N) is 1. The van der Waals surface area contributed by atoms with Gasteiger partial charge in [0.25, 0.3) is 11.5 Å². The predicted molar refractivity (Wildman–Crippen MR) is 105 cm³/mol. The van der Waals surface area contributed by atoms with Crippen molar-refractivity contribution in [1.82, 2.24) is 9.55 Å². The SMILES string of the molecule is CCCC(=O)OCC(=O)N(CC)c1c(N)n(Cc2ccccc2)c(=O)[nH]c1=O. The van der Waals surface area contributed by atoms with Gasteiger partial charge in [0.1, 0.15) is 5.82 Å². The summed E-state index contributed by atoms with van der Waals surface area (Å²) in [5.74, 6) is -1.23. The Hall–Kier alpha value is -3.36. The number of nitrogen functional groups attached to an aromatic ring is 1. The molecule has 0 spiro atoms. The van der Waals surface area contributed by atoms with Crippen LogP contribution in [-0.4, -0.2) is 34.6 Å². The van der Waals surface area contributed by atoms with E-state index >= 15 is 0 Å². The highest BCUT2D eigenvalue weighted by Gasteiger charge is 2.24. The number of hydrogen-bond acceptors (Lipinski definition) is 6. The van der Waals surface area contributed by atoms with Crippen LogP contribution in [0.5, 0.6) is 0 Å². The largest absolute Gasteiger partial charge is 0.456 e. The Labute approximate surface area is 161 Å². The molecule has 0 radical (unpaired) electrons. The van der Waals surface area contributed by atoms with Crippen molar-refractivity contribution < 1.29 is 14.3 Å². The van der Waals surface area contributed by atoms with E-state index < -0.39 is 29.7 Å². The molecule has 0 fully saturated rings. The fourth-order valence-electron chi connectivity index (χ4n) is 2.72. The number of carbonyl (C=O) groups excluding carboxylic acids is 2. The van der Waals surface area contributed by atoms with Crippen LogP contribution in [0.3, 0.4) is 0 Å². The van der Waals surface area contributed by atoms with Gasteiger partial charge in [-0.05, 0) is 18.9 Å². The first-order chi connectivity index (χ1) is 13.4. The van der Waals surface area contributed by atoms with Crippen molar-refractivity contribution in [2.24, 2.45) is 0 Å². The van der Waals surface area contributed by atoms with Gasteiger partial charge in [0, 0.05) is 13.0 Å². The van der Waals surface area contributed by atoms with Crippen LogP contribution in [0.25, 0.3) is 0 Å². The first-order valence-corrected chi connectivity index (χ1v) is 9.01. The number of benzene rings is 1. The second kappa shape index (κ2) is 9.54. The molecule has 1 aromatic carbocycles. The van der Waals surface area contributed by atoms with Crippen molar-refractivity contribution in [2.45, 2.75) is 33.2 Å². The minimum absolute atomic E-state index is 0.112. The molecule has 1 heterocycles. The topological polar surface area (TPSA) is 127 Å². The van der Waals surface area contributed by atoms with Gasteiger partial charge in [-0.1, -0.05) is 37.3 Å². The van der Waals surface area contributed by atoms with E-state index in [1.165, 1.54) is 4.57 Å². The molecule has 3 N–H and O–H groups in total. The van der Waals surface area contributed by atoms with Gasteiger partial charge in [0.05, 0.1) is 6.54 Å². The number of aromatic amines is 1. The van der Waals surface area contributed by atoms with Crippen LogP contribution in [0.4, 0.5) is 11.5 Å². The Kier molecular flexibility index (Phi) is 7.14. The lowest BCUT2D eigenvalue weighted by molar-refractivity contribution is -0.147. The van der Waals surface area contributed by atoms with Gasteiger partial charge in [-0.2, -0.15) is 0 Å². The van der Waals surface area contributed by atoms with Crippen LogP contribution in [0.1, 0.15) is 32.3 Å². The van der Waals surface area contributed by atoms with Crippen molar-refractivity contribution in [3.8, 4) is 0 Å². The van der Waals surface area contributed by atoms with Crippen molar-refractivity contribution in [1.29, 1.82) is 0 Å². The summed E-state index contributed by atoms with van der Waals surface area (Å²) in [4.78, 5) is 51.9. The summed E-state index contributed by atoms with van der Waals surface area (Å²) in [7, 11) is 0. The lowest BCUT2D eigenvalue weighted by atomic mass is 10.2. The van der Waals surface area contributed by atoms with Gasteiger partial charge in [-0.3, -0.25) is 23.9 Å². The summed E-state index contributed by atoms with van der Waals surface area (Å²) in [5, 5.41) is 0. The van der Waals surface area contributed by atoms with Crippen LogP contribution in [0, 0.1) is 0 Å². The van der Waals surface area contributed by atoms with Crippen LogP contribution in [0.2, 0.25) is 0 Å². The standard InChI is InChI=1S/C19H24N4O5/c1-3-8-15(25)28-12-14(24)22(4-2)16-17(20)23(19(27)21-18(16)26)11-13-9-6-5-7-10-13/h5-7,9-10H,3-4,8,11-12,20H2,1-2H3,(H,21,26,27). The fourth-order valence-corrected chi connectivity index (χ4v) is 2.72. The molecule has 150 valence electrons. The van der Waals surface area contributed by atoms with E-state index in [-0.39, 0.29) is 31.0 Å². The molecule has 9 heteroatoms. The Balaban J connectivity index is 2.35. The van der Waals surface area contributed by atoms with E-state index in [1.54, 1.807) is 6.92 Å². The average molecular weight is 388 g/mol. The summed E-state index contributed by atoms with van der Waals surface area (Å²) in [6.07, 6.45) is 0.797. The maximum Gasteiger partial charge on any atom is 0.330 e. The number of anilines is 2. The van der Waals surface area contributed by atoms with Gasteiger partial charge >= 0.3 is 11.7 Å². The highest BCUT2D eigenvalue weighted by Crippen LogP contribution is 2.18. The smallest absolute Gasteiger partial charge is 0.330 e. The average Bonchev–Trinajstić information content (AvgIpc) is 2.67. The van der Waals surface area contributed by atoms with E-state index in [2.05, 4.69) is 4.98 Å². The summed E-state index contributed by atoms with van der Waals surface area (Å²) in [6.45, 7) is 3.20. The second-order valence-corrected chi connectivity index (χ2v) is 6.11. The van der Waals surface area contributed by atoms with E-state index in [0.29, 0.717) is 6.42 Å². The molecule has 2 aromatic rings. The fraction of sp³-hybridized carbons (Fsp3) is 0.368. The number of nitrogens with zero attached hydrogens (tertiary/aromatic N) is 2. The monoisotopic (exact) mass is 388 g/mol. The minimum Gasteiger partial charge on any atom is -0.456 e. The second-order valence-electron chi connectivity index (χ2n) is 6.11. The Bertz CT molecular complexity index is 949. The quantitative estimate of drug-likeness (QED) is 0.646. The molecule has 0 saturated heterocycles. The van der Waals surface area contributed by atoms with E-state index in [1.807, 2.05) is 37.3 Å². The molecule has 0 aliphatic heterocycles. The Morgan fingerprint density at radius 2 is 1.86 bits per heavy atom. The molecule has 0 atom stereocenters. The van der Waals surface area contributed by atoms with Crippen molar-refractivity contribution >= 4 is 23.4 Å². The summed E-state index contributed by atoms with van der Waals surface area (Å²) in [6, 6.07) is 9.09. The zero-order chi connectivity index (χ0) is 20.7. The zero-order valence-corrected chi connectivity index (χ0v) is 15.9. The van der Waals surface area contributed by atoms with E-state index in [9.17, 15) is 19.2 Å². The number of esters is 1. The minimum atomic E-state index is -0.776. The summed E-state index contributed by atoms with van der Waals surface area (Å²) in [5.41, 5.74) is 5.30. The van der Waals surface area contributed by atoms with Crippen molar-refractivity contribution in [2.75, 3.05) is 23.8 Å². The third-order valence-electron chi connectivity index (χ3n) is 4.10. The molecule has 0 saturated carbocycles. The predicted octanol–water partition coefficient (Wildman–Crippen LogP) is 0.863. The number of H-pyrrole nitrogens is 1. The van der Waals surface area contributed by atoms with Gasteiger partial charge in [0.15, 0.2) is 12.3 Å². The number of hydrogen-bond donors (Lipinski definition) is 2. The van der Waals surface area contributed by atoms with Gasteiger partial charge in [0.2, 0.25) is 0 Å². The maximum atomic E-state index is 12.5. The molecular formula is C19H24N4O5. The number of amides is 1. The molecule has 0 unspecified atom stereocenters. The zero-order valence-electron chi connectivity index (χ0n) is 15.9. The third-order valence-corrected chi connectivity index (χ3v) is 4.10. The van der Waals surface area contributed by atoms with Gasteiger partial charge in [-0.15, -0.1) is 0 Å². The molecule has 0 aliphatic rings. The van der Waals surface area contributed by atoms with Crippen LogP contribution in [0.15, 0.2) is 39.9 Å². The third kappa shape index (κ3) is 4.87. The number of ether oxygens (including phenoxy) is 1. The summed E-state index contributed by atoms with van der Waals surface area (Å²) < 4.78 is 6.11. The van der Waals surface area contributed by atoms with Crippen molar-refractivity contribution in [3.05, 3.63) is 56.7 Å². The first kappa shape index (κ1) is 20.9. The number of likely N-dealkylation sites (N-methyl/N-ethyl adjacent to an activating group) is 1. The molecule has 9 nitrogen and oxygen atoms in total. The summed E-state index contributed by atoms with van der Waals surface area (Å²) >= 11 is 0. The van der Waals surface area contributed by atoms with Crippen LogP contribution >= 0.6 is 0 Å². The normalized spacial score (nSPS) is 10.5. The van der Waals surface area contributed by atoms with Gasteiger partial charge in [-0.25, -0.2) is 4.79 Å². The van der Waals surface area contributed by atoms with Crippen LogP contribution in [-0.2, 0) is 20.9 Å². The number of aromatic nitrogens is 2. The lowest BCUT2D eigenvalue weighted by Gasteiger charge is -2.23. The Morgan fingerprint density at radius 1 is 1.18 bits per heavy atom. The van der Waals surface area contributed by atoms with E-state index in [0.717, 1.165) is 10.5 Å².